The Balaban J connectivity index is 2.50. The van der Waals surface area contributed by atoms with Crippen molar-refractivity contribution in [3.05, 3.63) is 69.9 Å². The summed E-state index contributed by atoms with van der Waals surface area (Å²) in [6, 6.07) is 11.9. The molecule has 0 aliphatic rings. The molecule has 1 heterocycles. The first-order chi connectivity index (χ1) is 8.72. The number of hydrogen-bond donors (Lipinski definition) is 0. The third-order valence-corrected chi connectivity index (χ3v) is 2.45. The van der Waals surface area contributed by atoms with Crippen LogP contribution >= 0.6 is 0 Å². The summed E-state index contributed by atoms with van der Waals surface area (Å²) in [5.74, 6) is -0.0682. The summed E-state index contributed by atoms with van der Waals surface area (Å²) in [5, 5.41) is 14.8. The van der Waals surface area contributed by atoms with Crippen molar-refractivity contribution in [2.45, 2.75) is 6.92 Å². The molecule has 0 radical (unpaired) electrons. The van der Waals surface area contributed by atoms with E-state index in [-0.39, 0.29) is 11.7 Å². The average molecular weight is 241 g/mol. The van der Waals surface area contributed by atoms with Gasteiger partial charge >= 0.3 is 5.84 Å². The average Bonchev–Trinajstić information content (AvgIpc) is 2.42. The van der Waals surface area contributed by atoms with Crippen LogP contribution in [-0.2, 0) is 0 Å². The molecule has 0 saturated heterocycles. The molecule has 0 unspecified atom stereocenters. The lowest BCUT2D eigenvalue weighted by molar-refractivity contribution is -0.366. The second-order valence-corrected chi connectivity index (χ2v) is 3.76. The van der Waals surface area contributed by atoms with Gasteiger partial charge in [-0.2, -0.15) is 0 Å². The summed E-state index contributed by atoms with van der Waals surface area (Å²) >= 11 is 0. The van der Waals surface area contributed by atoms with E-state index in [1.165, 1.54) is 12.3 Å². The van der Waals surface area contributed by atoms with Gasteiger partial charge < -0.3 is 5.21 Å². The van der Waals surface area contributed by atoms with E-state index < -0.39 is 0 Å². The lowest BCUT2D eigenvalue weighted by Crippen LogP contribution is -2.11. The van der Waals surface area contributed by atoms with Gasteiger partial charge in [-0.1, -0.05) is 28.7 Å². The van der Waals surface area contributed by atoms with Crippen molar-refractivity contribution < 1.29 is 4.74 Å². The van der Waals surface area contributed by atoms with Gasteiger partial charge in [0.2, 0.25) is 0 Å². The van der Waals surface area contributed by atoms with Gasteiger partial charge in [-0.15, -0.1) is 4.98 Å². The van der Waals surface area contributed by atoms with E-state index >= 15 is 0 Å². The molecule has 1 aromatic heterocycles. The SMILES string of the molecule is Cc1ccc(/C(N=O)=[N+](\[O-])c2ccccn2)cc1. The standard InChI is InChI=1S/C13H11N3O2/c1-10-5-7-11(8-6-10)13(15-17)16(18)12-4-2-3-9-14-12/h2-9H,1H3/b16-13+. The molecule has 0 fully saturated rings. The lowest BCUT2D eigenvalue weighted by atomic mass is 10.1. The number of pyridine rings is 1. The van der Waals surface area contributed by atoms with E-state index in [0.29, 0.717) is 10.3 Å². The first kappa shape index (κ1) is 11.9. The molecule has 2 aromatic rings. The largest absolute Gasteiger partial charge is 0.740 e. The number of amidine groups is 1. The van der Waals surface area contributed by atoms with E-state index in [1.54, 1.807) is 24.3 Å². The number of nitroso groups, excluding NO2 is 1. The van der Waals surface area contributed by atoms with Gasteiger partial charge in [-0.25, -0.2) is 4.74 Å². The zero-order valence-corrected chi connectivity index (χ0v) is 9.78. The molecule has 0 amide bonds. The first-order valence-electron chi connectivity index (χ1n) is 5.38. The Bertz CT molecular complexity index is 577. The van der Waals surface area contributed by atoms with Gasteiger partial charge in [0, 0.05) is 6.07 Å². The highest BCUT2D eigenvalue weighted by Gasteiger charge is 2.13. The minimum absolute atomic E-state index is 0.132. The lowest BCUT2D eigenvalue weighted by Gasteiger charge is -2.09. The number of nitrogens with zero attached hydrogens (tertiary/aromatic N) is 3. The van der Waals surface area contributed by atoms with Gasteiger partial charge in [0.15, 0.2) is 0 Å². The van der Waals surface area contributed by atoms with Gasteiger partial charge in [0.1, 0.15) is 11.4 Å². The summed E-state index contributed by atoms with van der Waals surface area (Å²) in [6.07, 6.45) is 1.48. The number of aryl methyl sites for hydroxylation is 1. The Morgan fingerprint density at radius 1 is 1.22 bits per heavy atom. The van der Waals surface area contributed by atoms with E-state index in [0.717, 1.165) is 5.56 Å². The van der Waals surface area contributed by atoms with Crippen LogP contribution in [0.4, 0.5) is 5.82 Å². The molecule has 0 atom stereocenters. The Morgan fingerprint density at radius 3 is 2.50 bits per heavy atom. The van der Waals surface area contributed by atoms with Gasteiger partial charge in [-0.3, -0.25) is 0 Å². The summed E-state index contributed by atoms with van der Waals surface area (Å²) in [4.78, 5) is 14.7. The predicted molar refractivity (Wildman–Crippen MR) is 68.6 cm³/mol. The van der Waals surface area contributed by atoms with Crippen LogP contribution in [0.3, 0.4) is 0 Å². The van der Waals surface area contributed by atoms with E-state index in [2.05, 4.69) is 10.2 Å². The fourth-order valence-electron chi connectivity index (χ4n) is 1.49. The summed E-state index contributed by atoms with van der Waals surface area (Å²) < 4.78 is 0.428. The van der Waals surface area contributed by atoms with Crippen LogP contribution in [-0.4, -0.2) is 15.6 Å². The maximum atomic E-state index is 12.0. The third kappa shape index (κ3) is 2.40. The van der Waals surface area contributed by atoms with E-state index in [1.807, 2.05) is 19.1 Å². The molecule has 0 bridgehead atoms. The summed E-state index contributed by atoms with van der Waals surface area (Å²) in [7, 11) is 0. The van der Waals surface area contributed by atoms with E-state index in [4.69, 9.17) is 0 Å². The zero-order valence-electron chi connectivity index (χ0n) is 9.78. The monoisotopic (exact) mass is 241 g/mol. The van der Waals surface area contributed by atoms with Crippen LogP contribution in [0.25, 0.3) is 0 Å². The molecule has 0 aliphatic heterocycles. The highest BCUT2D eigenvalue weighted by atomic mass is 16.5. The van der Waals surface area contributed by atoms with Crippen molar-refractivity contribution in [3.8, 4) is 0 Å². The van der Waals surface area contributed by atoms with E-state index in [9.17, 15) is 10.1 Å². The Kier molecular flexibility index (Phi) is 3.43. The topological polar surface area (TPSA) is 68.4 Å². The second kappa shape index (κ2) is 5.18. The van der Waals surface area contributed by atoms with Crippen LogP contribution in [0.1, 0.15) is 11.1 Å². The highest BCUT2D eigenvalue weighted by Crippen LogP contribution is 2.11. The number of benzene rings is 1. The Morgan fingerprint density at radius 2 is 1.94 bits per heavy atom. The maximum Gasteiger partial charge on any atom is 0.319 e. The predicted octanol–water partition coefficient (Wildman–Crippen LogP) is 2.75. The first-order valence-corrected chi connectivity index (χ1v) is 5.38. The van der Waals surface area contributed by atoms with Crippen molar-refractivity contribution in [3.63, 3.8) is 0 Å². The van der Waals surface area contributed by atoms with Crippen molar-refractivity contribution in [2.75, 3.05) is 0 Å². The summed E-state index contributed by atoms with van der Waals surface area (Å²) in [5.41, 5.74) is 1.51. The molecule has 5 heteroatoms. The third-order valence-electron chi connectivity index (χ3n) is 2.45. The van der Waals surface area contributed by atoms with Crippen molar-refractivity contribution in [1.82, 2.24) is 4.98 Å². The molecular weight excluding hydrogens is 230 g/mol. The van der Waals surface area contributed by atoms with Crippen LogP contribution in [0.15, 0.2) is 53.8 Å². The summed E-state index contributed by atoms with van der Waals surface area (Å²) in [6.45, 7) is 1.92. The maximum absolute atomic E-state index is 12.0. The highest BCUT2D eigenvalue weighted by molar-refractivity contribution is 5.96. The number of rotatable bonds is 2. The molecule has 18 heavy (non-hydrogen) atoms. The van der Waals surface area contributed by atoms with Crippen LogP contribution < -0.4 is 0 Å². The molecule has 0 saturated carbocycles. The minimum atomic E-state index is -0.200. The number of hydrogen-bond acceptors (Lipinski definition) is 3. The zero-order chi connectivity index (χ0) is 13.0. The van der Waals surface area contributed by atoms with Crippen molar-refractivity contribution >= 4 is 11.7 Å². The van der Waals surface area contributed by atoms with Crippen molar-refractivity contribution in [2.24, 2.45) is 5.18 Å². The molecular formula is C13H11N3O2. The molecule has 0 N–H and O–H groups in total. The van der Waals surface area contributed by atoms with Gasteiger partial charge in [0.05, 0.1) is 5.56 Å². The fourth-order valence-corrected chi connectivity index (χ4v) is 1.49. The Labute approximate surface area is 104 Å². The quantitative estimate of drug-likeness (QED) is 0.203. The molecule has 1 aromatic carbocycles. The smallest absolute Gasteiger partial charge is 0.319 e. The molecule has 5 nitrogen and oxygen atoms in total. The Hall–Kier alpha value is -2.56. The molecule has 0 aliphatic carbocycles. The molecule has 2 rings (SSSR count). The molecule has 0 spiro atoms. The van der Waals surface area contributed by atoms with Gasteiger partial charge in [0.25, 0.3) is 5.82 Å². The van der Waals surface area contributed by atoms with Crippen molar-refractivity contribution in [1.29, 1.82) is 0 Å². The normalized spacial score (nSPS) is 11.8. The van der Waals surface area contributed by atoms with Gasteiger partial charge in [-0.05, 0) is 25.1 Å². The van der Waals surface area contributed by atoms with Crippen LogP contribution in [0, 0.1) is 17.0 Å². The minimum Gasteiger partial charge on any atom is -0.740 e. The second-order valence-electron chi connectivity index (χ2n) is 3.76. The van der Waals surface area contributed by atoms with Crippen LogP contribution in [0.5, 0.6) is 0 Å². The van der Waals surface area contributed by atoms with Crippen LogP contribution in [0.2, 0.25) is 0 Å². The number of aromatic nitrogens is 1. The molecule has 90 valence electrons. The fraction of sp³-hybridized carbons (Fsp3) is 0.0769.